The van der Waals surface area contributed by atoms with Crippen molar-refractivity contribution < 1.29 is 4.74 Å². The fourth-order valence-corrected chi connectivity index (χ4v) is 2.72. The number of ether oxygens (including phenoxy) is 1. The van der Waals surface area contributed by atoms with Crippen LogP contribution in [0.1, 0.15) is 16.7 Å². The minimum absolute atomic E-state index is 0.759. The molecule has 0 aliphatic rings. The van der Waals surface area contributed by atoms with Gasteiger partial charge in [0.15, 0.2) is 0 Å². The van der Waals surface area contributed by atoms with Crippen LogP contribution in [-0.2, 0) is 13.0 Å². The van der Waals surface area contributed by atoms with E-state index in [0.29, 0.717) is 0 Å². The molecule has 0 bridgehead atoms. The Morgan fingerprint density at radius 1 is 0.885 bits per heavy atom. The van der Waals surface area contributed by atoms with Crippen LogP contribution < -0.4 is 10.1 Å². The van der Waals surface area contributed by atoms with E-state index in [9.17, 15) is 0 Å². The quantitative estimate of drug-likeness (QED) is 0.585. The molecule has 0 saturated heterocycles. The van der Waals surface area contributed by atoms with Gasteiger partial charge in [-0.05, 0) is 47.4 Å². The van der Waals surface area contributed by atoms with Crippen molar-refractivity contribution in [3.8, 4) is 5.75 Å². The molecule has 0 atom stereocenters. The van der Waals surface area contributed by atoms with E-state index >= 15 is 0 Å². The number of hydrogen-bond donors (Lipinski definition) is 1. The highest BCUT2D eigenvalue weighted by molar-refractivity contribution is 5.81. The molecule has 0 saturated carbocycles. The molecule has 26 heavy (non-hydrogen) atoms. The third kappa shape index (κ3) is 5.49. The lowest BCUT2D eigenvalue weighted by Crippen LogP contribution is -1.99. The molecule has 0 fully saturated rings. The summed E-state index contributed by atoms with van der Waals surface area (Å²) in [6.07, 6.45) is 2.84. The Labute approximate surface area is 155 Å². The number of hydrogen-bond acceptors (Lipinski definition) is 3. The Bertz CT molecular complexity index is 844. The molecular weight excluding hydrogens is 320 g/mol. The number of nitrogens with one attached hydrogen (secondary N) is 1. The van der Waals surface area contributed by atoms with Crippen molar-refractivity contribution in [3.05, 3.63) is 95.6 Å². The second-order valence-corrected chi connectivity index (χ2v) is 6.10. The van der Waals surface area contributed by atoms with Crippen LogP contribution in [0, 0.1) is 0 Å². The first-order valence-corrected chi connectivity index (χ1v) is 8.84. The van der Waals surface area contributed by atoms with Gasteiger partial charge >= 0.3 is 0 Å². The molecule has 132 valence electrons. The number of benzene rings is 3. The minimum atomic E-state index is 0.759. The second-order valence-electron chi connectivity index (χ2n) is 6.10. The van der Waals surface area contributed by atoms with Crippen LogP contribution in [0.3, 0.4) is 0 Å². The van der Waals surface area contributed by atoms with E-state index in [-0.39, 0.29) is 0 Å². The topological polar surface area (TPSA) is 33.6 Å². The van der Waals surface area contributed by atoms with Crippen molar-refractivity contribution in [3.63, 3.8) is 0 Å². The number of anilines is 1. The lowest BCUT2D eigenvalue weighted by atomic mass is 10.1. The van der Waals surface area contributed by atoms with Crippen molar-refractivity contribution >= 4 is 11.9 Å². The average Bonchev–Trinajstić information content (AvgIpc) is 2.71. The highest BCUT2D eigenvalue weighted by atomic mass is 16.5. The lowest BCUT2D eigenvalue weighted by molar-refractivity contribution is 0.414. The van der Waals surface area contributed by atoms with Crippen LogP contribution in [0.15, 0.2) is 83.9 Å². The van der Waals surface area contributed by atoms with E-state index < -0.39 is 0 Å². The summed E-state index contributed by atoms with van der Waals surface area (Å²) in [5.74, 6) is 0.892. The summed E-state index contributed by atoms with van der Waals surface area (Å²) < 4.78 is 5.25. The van der Waals surface area contributed by atoms with Crippen LogP contribution in [-0.4, -0.2) is 19.9 Å². The number of rotatable bonds is 8. The Balaban J connectivity index is 1.52. The van der Waals surface area contributed by atoms with Crippen molar-refractivity contribution in [1.82, 2.24) is 0 Å². The zero-order chi connectivity index (χ0) is 18.0. The molecule has 0 aliphatic carbocycles. The second kappa shape index (κ2) is 9.42. The van der Waals surface area contributed by atoms with Gasteiger partial charge in [-0.25, -0.2) is 0 Å². The highest BCUT2D eigenvalue weighted by Crippen LogP contribution is 2.13. The first kappa shape index (κ1) is 17.7. The van der Waals surface area contributed by atoms with E-state index in [1.807, 2.05) is 24.4 Å². The summed E-state index contributed by atoms with van der Waals surface area (Å²) in [6, 6.07) is 26.9. The van der Waals surface area contributed by atoms with Crippen molar-refractivity contribution in [1.29, 1.82) is 0 Å². The van der Waals surface area contributed by atoms with E-state index in [4.69, 9.17) is 4.74 Å². The van der Waals surface area contributed by atoms with Gasteiger partial charge in [-0.2, -0.15) is 0 Å². The molecule has 3 heteroatoms. The molecule has 3 rings (SSSR count). The maximum Gasteiger partial charge on any atom is 0.119 e. The molecule has 3 aromatic carbocycles. The van der Waals surface area contributed by atoms with E-state index in [1.54, 1.807) is 7.11 Å². The van der Waals surface area contributed by atoms with Crippen LogP contribution in [0.25, 0.3) is 0 Å². The lowest BCUT2D eigenvalue weighted by Gasteiger charge is -2.07. The Morgan fingerprint density at radius 3 is 2.54 bits per heavy atom. The van der Waals surface area contributed by atoms with Crippen molar-refractivity contribution in [2.75, 3.05) is 19.0 Å². The monoisotopic (exact) mass is 344 g/mol. The summed E-state index contributed by atoms with van der Waals surface area (Å²) in [4.78, 5) is 4.56. The molecule has 1 N–H and O–H groups in total. The average molecular weight is 344 g/mol. The smallest absolute Gasteiger partial charge is 0.119 e. The predicted octanol–water partition coefficient (Wildman–Crippen LogP) is 4.97. The predicted molar refractivity (Wildman–Crippen MR) is 109 cm³/mol. The van der Waals surface area contributed by atoms with Gasteiger partial charge in [-0.15, -0.1) is 0 Å². The largest absolute Gasteiger partial charge is 0.497 e. The highest BCUT2D eigenvalue weighted by Gasteiger charge is 1.97. The summed E-state index contributed by atoms with van der Waals surface area (Å²) in [6.45, 7) is 1.58. The van der Waals surface area contributed by atoms with Crippen LogP contribution in [0.5, 0.6) is 5.75 Å². The van der Waals surface area contributed by atoms with Gasteiger partial charge in [0, 0.05) is 25.0 Å². The van der Waals surface area contributed by atoms with Gasteiger partial charge in [0.1, 0.15) is 5.75 Å². The molecule has 0 spiro atoms. The number of nitrogens with zero attached hydrogens (tertiary/aromatic N) is 1. The molecule has 3 aromatic rings. The van der Waals surface area contributed by atoms with Crippen molar-refractivity contribution in [2.24, 2.45) is 4.99 Å². The fourth-order valence-electron chi connectivity index (χ4n) is 2.72. The Hall–Kier alpha value is -3.07. The summed E-state index contributed by atoms with van der Waals surface area (Å²) in [5.41, 5.74) is 4.71. The molecule has 0 heterocycles. The summed E-state index contributed by atoms with van der Waals surface area (Å²) in [5, 5.41) is 3.45. The molecular formula is C23H24N2O. The summed E-state index contributed by atoms with van der Waals surface area (Å²) >= 11 is 0. The molecule has 3 nitrogen and oxygen atoms in total. The van der Waals surface area contributed by atoms with Gasteiger partial charge in [0.25, 0.3) is 0 Å². The van der Waals surface area contributed by atoms with Gasteiger partial charge in [-0.1, -0.05) is 54.6 Å². The minimum Gasteiger partial charge on any atom is -0.497 e. The molecule has 0 aliphatic heterocycles. The van der Waals surface area contributed by atoms with Gasteiger partial charge in [0.2, 0.25) is 0 Å². The summed E-state index contributed by atoms with van der Waals surface area (Å²) in [7, 11) is 1.69. The molecule has 0 aromatic heterocycles. The SMILES string of the molecule is COc1cccc(CCN=Cc2cccc(NCc3ccccc3)c2)c1. The Morgan fingerprint density at radius 2 is 1.69 bits per heavy atom. The normalized spacial score (nSPS) is 10.8. The molecule has 0 unspecified atom stereocenters. The third-order valence-corrected chi connectivity index (χ3v) is 4.13. The van der Waals surface area contributed by atoms with Crippen LogP contribution in [0.2, 0.25) is 0 Å². The standard InChI is InChI=1S/C23H24N2O/c1-26-23-12-6-9-19(16-23)13-14-24-17-21-10-5-11-22(15-21)25-18-20-7-3-2-4-8-20/h2-12,15-17,25H,13-14,18H2,1H3. The number of methoxy groups -OCH3 is 1. The first-order valence-electron chi connectivity index (χ1n) is 8.84. The van der Waals surface area contributed by atoms with Crippen molar-refractivity contribution in [2.45, 2.75) is 13.0 Å². The maximum atomic E-state index is 5.25. The molecule has 0 radical (unpaired) electrons. The van der Waals surface area contributed by atoms with Gasteiger partial charge in [-0.3, -0.25) is 4.99 Å². The van der Waals surface area contributed by atoms with E-state index in [2.05, 4.69) is 71.0 Å². The third-order valence-electron chi connectivity index (χ3n) is 4.13. The van der Waals surface area contributed by atoms with E-state index in [1.165, 1.54) is 11.1 Å². The Kier molecular flexibility index (Phi) is 6.43. The molecule has 0 amide bonds. The number of aliphatic imine (C=N–C) groups is 1. The van der Waals surface area contributed by atoms with Gasteiger partial charge in [0.05, 0.1) is 7.11 Å². The first-order chi connectivity index (χ1) is 12.8. The van der Waals surface area contributed by atoms with Crippen LogP contribution in [0.4, 0.5) is 5.69 Å². The van der Waals surface area contributed by atoms with Gasteiger partial charge < -0.3 is 10.1 Å². The fraction of sp³-hybridized carbons (Fsp3) is 0.174. The maximum absolute atomic E-state index is 5.25. The van der Waals surface area contributed by atoms with Crippen LogP contribution >= 0.6 is 0 Å². The zero-order valence-electron chi connectivity index (χ0n) is 15.1. The van der Waals surface area contributed by atoms with E-state index in [0.717, 1.165) is 36.5 Å². The zero-order valence-corrected chi connectivity index (χ0v) is 15.1.